The van der Waals surface area contributed by atoms with E-state index in [-0.39, 0.29) is 16.6 Å². The van der Waals surface area contributed by atoms with E-state index in [2.05, 4.69) is 15.1 Å². The van der Waals surface area contributed by atoms with Gasteiger partial charge in [-0.25, -0.2) is 17.9 Å². The molecule has 0 atom stereocenters. The summed E-state index contributed by atoms with van der Waals surface area (Å²) < 4.78 is 36.5. The highest BCUT2D eigenvalue weighted by molar-refractivity contribution is 7.89. The number of nitrogens with zero attached hydrogens (tertiary/aromatic N) is 2. The molecule has 2 aromatic carbocycles. The third-order valence-corrected chi connectivity index (χ3v) is 6.55. The first kappa shape index (κ1) is 23.6. The number of piperazine rings is 1. The Morgan fingerprint density at radius 2 is 1.71 bits per heavy atom. The van der Waals surface area contributed by atoms with Crippen molar-refractivity contribution in [3.8, 4) is 0 Å². The van der Waals surface area contributed by atoms with Crippen molar-refractivity contribution in [3.05, 3.63) is 64.4 Å². The Labute approximate surface area is 187 Å². The third kappa shape index (κ3) is 6.98. The quantitative estimate of drug-likeness (QED) is 0.613. The van der Waals surface area contributed by atoms with Crippen LogP contribution in [0.25, 0.3) is 0 Å². The zero-order valence-electron chi connectivity index (χ0n) is 17.1. The SMILES string of the molecule is NS(=O)(=O)c1ccc(CCNC(=O)CN2CCN(Cc3c(F)cccc3Cl)CC2)cc1. The highest BCUT2D eigenvalue weighted by atomic mass is 35.5. The second-order valence-corrected chi connectivity index (χ2v) is 9.51. The van der Waals surface area contributed by atoms with Gasteiger partial charge < -0.3 is 5.32 Å². The molecule has 0 saturated carbocycles. The molecule has 0 aromatic heterocycles. The van der Waals surface area contributed by atoms with Crippen LogP contribution in [0.2, 0.25) is 5.02 Å². The summed E-state index contributed by atoms with van der Waals surface area (Å²) in [6.07, 6.45) is 0.591. The number of primary sulfonamides is 1. The van der Waals surface area contributed by atoms with E-state index in [0.29, 0.717) is 49.7 Å². The van der Waals surface area contributed by atoms with Crippen LogP contribution in [-0.4, -0.2) is 63.4 Å². The van der Waals surface area contributed by atoms with Crippen LogP contribution < -0.4 is 10.5 Å². The summed E-state index contributed by atoms with van der Waals surface area (Å²) in [5.41, 5.74) is 1.42. The molecule has 1 heterocycles. The van der Waals surface area contributed by atoms with Crippen LogP contribution >= 0.6 is 11.6 Å². The Morgan fingerprint density at radius 3 is 2.32 bits per heavy atom. The number of amides is 1. The van der Waals surface area contributed by atoms with Crippen molar-refractivity contribution in [2.24, 2.45) is 5.14 Å². The lowest BCUT2D eigenvalue weighted by atomic mass is 10.1. The van der Waals surface area contributed by atoms with Gasteiger partial charge in [-0.2, -0.15) is 0 Å². The van der Waals surface area contributed by atoms with Crippen LogP contribution in [0.1, 0.15) is 11.1 Å². The molecule has 1 aliphatic heterocycles. The Morgan fingerprint density at radius 1 is 1.06 bits per heavy atom. The van der Waals surface area contributed by atoms with E-state index < -0.39 is 10.0 Å². The highest BCUT2D eigenvalue weighted by Crippen LogP contribution is 2.21. The van der Waals surface area contributed by atoms with Crippen molar-refractivity contribution in [2.45, 2.75) is 17.9 Å². The van der Waals surface area contributed by atoms with Gasteiger partial charge in [0.25, 0.3) is 0 Å². The average molecular weight is 469 g/mol. The second-order valence-electron chi connectivity index (χ2n) is 7.54. The maximum absolute atomic E-state index is 14.0. The van der Waals surface area contributed by atoms with E-state index in [4.69, 9.17) is 16.7 Å². The number of nitrogens with one attached hydrogen (secondary N) is 1. The maximum atomic E-state index is 14.0. The van der Waals surface area contributed by atoms with Crippen molar-refractivity contribution in [1.82, 2.24) is 15.1 Å². The molecule has 1 saturated heterocycles. The first-order chi connectivity index (χ1) is 14.7. The van der Waals surface area contributed by atoms with E-state index in [1.54, 1.807) is 24.3 Å². The summed E-state index contributed by atoms with van der Waals surface area (Å²) in [5, 5.41) is 8.40. The Kier molecular flexibility index (Phi) is 8.01. The van der Waals surface area contributed by atoms with Gasteiger partial charge in [0.1, 0.15) is 5.82 Å². The van der Waals surface area contributed by atoms with Crippen molar-refractivity contribution >= 4 is 27.5 Å². The lowest BCUT2D eigenvalue weighted by Gasteiger charge is -2.34. The number of nitrogens with two attached hydrogens (primary N) is 1. The average Bonchev–Trinajstić information content (AvgIpc) is 2.72. The van der Waals surface area contributed by atoms with Crippen molar-refractivity contribution < 1.29 is 17.6 Å². The van der Waals surface area contributed by atoms with Crippen LogP contribution in [0.3, 0.4) is 0 Å². The molecule has 7 nitrogen and oxygen atoms in total. The van der Waals surface area contributed by atoms with Gasteiger partial charge in [0, 0.05) is 49.9 Å². The molecule has 168 valence electrons. The lowest BCUT2D eigenvalue weighted by molar-refractivity contribution is -0.122. The van der Waals surface area contributed by atoms with Crippen molar-refractivity contribution in [1.29, 1.82) is 0 Å². The minimum absolute atomic E-state index is 0.0632. The molecular weight excluding hydrogens is 443 g/mol. The molecule has 0 radical (unpaired) electrons. The Hall–Kier alpha value is -2.04. The van der Waals surface area contributed by atoms with E-state index >= 15 is 0 Å². The van der Waals surface area contributed by atoms with E-state index in [0.717, 1.165) is 18.7 Å². The number of benzene rings is 2. The summed E-state index contributed by atoms with van der Waals surface area (Å²) in [4.78, 5) is 16.5. The molecule has 3 N–H and O–H groups in total. The first-order valence-corrected chi connectivity index (χ1v) is 11.9. The first-order valence-electron chi connectivity index (χ1n) is 9.98. The standard InChI is InChI=1S/C21H26ClFN4O3S/c22-19-2-1-3-20(23)18(19)14-26-10-12-27(13-11-26)15-21(28)25-9-8-16-4-6-17(7-5-16)31(24,29)30/h1-7H,8-15H2,(H,25,28)(H2,24,29,30). The summed E-state index contributed by atoms with van der Waals surface area (Å²) >= 11 is 6.10. The van der Waals surface area contributed by atoms with Crippen LogP contribution in [-0.2, 0) is 27.8 Å². The van der Waals surface area contributed by atoms with Gasteiger partial charge in [0.2, 0.25) is 15.9 Å². The van der Waals surface area contributed by atoms with E-state index in [1.165, 1.54) is 18.2 Å². The Bertz CT molecular complexity index is 990. The fourth-order valence-corrected chi connectivity index (χ4v) is 4.20. The molecule has 1 aliphatic rings. The fourth-order valence-electron chi connectivity index (χ4n) is 3.46. The molecule has 1 fully saturated rings. The monoisotopic (exact) mass is 468 g/mol. The zero-order valence-corrected chi connectivity index (χ0v) is 18.6. The molecule has 31 heavy (non-hydrogen) atoms. The predicted molar refractivity (Wildman–Crippen MR) is 118 cm³/mol. The molecule has 10 heteroatoms. The van der Waals surface area contributed by atoms with Gasteiger partial charge in [-0.05, 0) is 36.2 Å². The minimum Gasteiger partial charge on any atom is -0.355 e. The molecule has 0 bridgehead atoms. The summed E-state index contributed by atoms with van der Waals surface area (Å²) in [6.45, 7) is 4.11. The lowest BCUT2D eigenvalue weighted by Crippen LogP contribution is -2.49. The molecule has 0 unspecified atom stereocenters. The molecule has 2 aromatic rings. The van der Waals surface area contributed by atoms with Crippen LogP contribution in [0.15, 0.2) is 47.4 Å². The molecule has 1 amide bonds. The third-order valence-electron chi connectivity index (χ3n) is 5.26. The number of hydrogen-bond acceptors (Lipinski definition) is 5. The minimum atomic E-state index is -3.70. The number of halogens is 2. The van der Waals surface area contributed by atoms with Gasteiger partial charge in [-0.1, -0.05) is 29.8 Å². The van der Waals surface area contributed by atoms with E-state index in [1.807, 2.05) is 0 Å². The molecular formula is C21H26ClFN4O3S. The summed E-state index contributed by atoms with van der Waals surface area (Å²) in [7, 11) is -3.70. The largest absolute Gasteiger partial charge is 0.355 e. The summed E-state index contributed by atoms with van der Waals surface area (Å²) in [6, 6.07) is 11.0. The molecule has 3 rings (SSSR count). The van der Waals surface area contributed by atoms with Crippen LogP contribution in [0, 0.1) is 5.82 Å². The number of rotatable bonds is 8. The zero-order chi connectivity index (χ0) is 22.4. The number of hydrogen-bond donors (Lipinski definition) is 2. The fraction of sp³-hybridized carbons (Fsp3) is 0.381. The second kappa shape index (κ2) is 10.5. The normalized spacial score (nSPS) is 15.7. The number of carbonyl (C=O) groups is 1. The molecule has 0 spiro atoms. The van der Waals surface area contributed by atoms with Crippen LogP contribution in [0.5, 0.6) is 0 Å². The van der Waals surface area contributed by atoms with Gasteiger partial charge >= 0.3 is 0 Å². The highest BCUT2D eigenvalue weighted by Gasteiger charge is 2.20. The van der Waals surface area contributed by atoms with E-state index in [9.17, 15) is 17.6 Å². The Balaban J connectivity index is 1.37. The van der Waals surface area contributed by atoms with Gasteiger partial charge in [0.05, 0.1) is 11.4 Å². The molecule has 0 aliphatic carbocycles. The maximum Gasteiger partial charge on any atom is 0.238 e. The van der Waals surface area contributed by atoms with Crippen LogP contribution in [0.4, 0.5) is 4.39 Å². The van der Waals surface area contributed by atoms with Crippen molar-refractivity contribution in [2.75, 3.05) is 39.3 Å². The smallest absolute Gasteiger partial charge is 0.238 e. The van der Waals surface area contributed by atoms with Gasteiger partial charge in [0.15, 0.2) is 0 Å². The number of sulfonamides is 1. The summed E-state index contributed by atoms with van der Waals surface area (Å²) in [5.74, 6) is -0.361. The predicted octanol–water partition coefficient (Wildman–Crippen LogP) is 1.60. The van der Waals surface area contributed by atoms with Gasteiger partial charge in [-0.3, -0.25) is 14.6 Å². The number of carbonyl (C=O) groups excluding carboxylic acids is 1. The van der Waals surface area contributed by atoms with Gasteiger partial charge in [-0.15, -0.1) is 0 Å². The van der Waals surface area contributed by atoms with Crippen molar-refractivity contribution in [3.63, 3.8) is 0 Å². The topological polar surface area (TPSA) is 95.7 Å².